The maximum absolute atomic E-state index is 7.65. The van der Waals surface area contributed by atoms with E-state index in [1.54, 1.807) is 0 Å². The number of hydrogen-bond donors (Lipinski definition) is 2. The molecule has 0 heterocycles. The highest BCUT2D eigenvalue weighted by Crippen LogP contribution is 2.20. The van der Waals surface area contributed by atoms with Gasteiger partial charge < -0.3 is 15.5 Å². The fourth-order valence-corrected chi connectivity index (χ4v) is 1.94. The Morgan fingerprint density at radius 2 is 1.89 bits per heavy atom. The van der Waals surface area contributed by atoms with Gasteiger partial charge >= 0.3 is 0 Å². The maximum atomic E-state index is 7.65. The van der Waals surface area contributed by atoms with Crippen LogP contribution >= 0.6 is 0 Å². The molecule has 4 nitrogen and oxygen atoms in total. The number of amidine groups is 1. The van der Waals surface area contributed by atoms with E-state index in [-0.39, 0.29) is 5.84 Å². The van der Waals surface area contributed by atoms with Crippen LogP contribution in [0, 0.1) is 12.3 Å². The number of nitrogens with zero attached hydrogens (tertiary/aromatic N) is 2. The van der Waals surface area contributed by atoms with Gasteiger partial charge in [0.15, 0.2) is 0 Å². The Kier molecular flexibility index (Phi) is 5.16. The molecule has 0 unspecified atom stereocenters. The fourth-order valence-electron chi connectivity index (χ4n) is 1.94. The number of aryl methyl sites for hydroxylation is 1. The summed E-state index contributed by atoms with van der Waals surface area (Å²) in [5.74, 6) is 0.133. The van der Waals surface area contributed by atoms with E-state index in [4.69, 9.17) is 11.1 Å². The smallest absolute Gasteiger partial charge is 0.124 e. The van der Waals surface area contributed by atoms with Crippen LogP contribution in [0.3, 0.4) is 0 Å². The highest BCUT2D eigenvalue weighted by atomic mass is 15.1. The first-order valence-corrected chi connectivity index (χ1v) is 6.22. The fraction of sp³-hybridized carbons (Fsp3) is 0.500. The van der Waals surface area contributed by atoms with Crippen LogP contribution in [0.2, 0.25) is 0 Å². The molecule has 0 aliphatic carbocycles. The molecular formula is C14H24N4. The van der Waals surface area contributed by atoms with Crippen LogP contribution in [-0.4, -0.2) is 45.0 Å². The summed E-state index contributed by atoms with van der Waals surface area (Å²) in [6, 6.07) is 6.08. The lowest BCUT2D eigenvalue weighted by atomic mass is 10.1. The quantitative estimate of drug-likeness (QED) is 0.595. The van der Waals surface area contributed by atoms with E-state index in [2.05, 4.69) is 30.0 Å². The van der Waals surface area contributed by atoms with Gasteiger partial charge in [-0.05, 0) is 46.1 Å². The Balaban J connectivity index is 2.78. The molecular weight excluding hydrogens is 224 g/mol. The van der Waals surface area contributed by atoms with Crippen LogP contribution in [0.15, 0.2) is 18.2 Å². The molecule has 0 aliphatic heterocycles. The number of nitrogens with two attached hydrogens (primary N) is 1. The second-order valence-corrected chi connectivity index (χ2v) is 5.01. The number of nitrogen functional groups attached to an aromatic ring is 1. The van der Waals surface area contributed by atoms with Crippen LogP contribution in [0.25, 0.3) is 0 Å². The number of rotatable bonds is 6. The first kappa shape index (κ1) is 14.5. The Morgan fingerprint density at radius 3 is 2.44 bits per heavy atom. The first-order valence-electron chi connectivity index (χ1n) is 6.22. The standard InChI is InChI=1S/C14H24N4/c1-11-6-7-13(12(10-11)14(15)16)18(4)9-5-8-17(2)3/h6-7,10H,5,8-9H2,1-4H3,(H3,15,16). The number of benzene rings is 1. The second kappa shape index (κ2) is 6.40. The molecule has 0 spiro atoms. The lowest BCUT2D eigenvalue weighted by Gasteiger charge is -2.23. The number of nitrogens with one attached hydrogen (secondary N) is 1. The Hall–Kier alpha value is -1.55. The van der Waals surface area contributed by atoms with Crippen molar-refractivity contribution in [1.29, 1.82) is 5.41 Å². The van der Waals surface area contributed by atoms with Crippen molar-refractivity contribution in [2.45, 2.75) is 13.3 Å². The summed E-state index contributed by atoms with van der Waals surface area (Å²) in [5.41, 5.74) is 8.63. The molecule has 1 aromatic carbocycles. The third-order valence-corrected chi connectivity index (χ3v) is 2.95. The van der Waals surface area contributed by atoms with Gasteiger partial charge in [-0.1, -0.05) is 11.6 Å². The molecule has 18 heavy (non-hydrogen) atoms. The minimum atomic E-state index is 0.133. The van der Waals surface area contributed by atoms with Crippen molar-refractivity contribution >= 4 is 11.5 Å². The first-order chi connectivity index (χ1) is 8.41. The van der Waals surface area contributed by atoms with Gasteiger partial charge in [-0.25, -0.2) is 0 Å². The molecule has 0 radical (unpaired) electrons. The van der Waals surface area contributed by atoms with Crippen molar-refractivity contribution in [2.75, 3.05) is 39.1 Å². The summed E-state index contributed by atoms with van der Waals surface area (Å²) in [6.07, 6.45) is 1.09. The Bertz CT molecular complexity index is 412. The lowest BCUT2D eigenvalue weighted by molar-refractivity contribution is 0.401. The topological polar surface area (TPSA) is 56.4 Å². The van der Waals surface area contributed by atoms with Crippen LogP contribution < -0.4 is 10.6 Å². The van der Waals surface area contributed by atoms with Crippen molar-refractivity contribution < 1.29 is 0 Å². The summed E-state index contributed by atoms with van der Waals surface area (Å²) in [6.45, 7) is 4.04. The van der Waals surface area contributed by atoms with Gasteiger partial charge in [-0.2, -0.15) is 0 Å². The van der Waals surface area contributed by atoms with Gasteiger partial charge in [0, 0.05) is 24.8 Å². The predicted molar refractivity (Wildman–Crippen MR) is 78.6 cm³/mol. The van der Waals surface area contributed by atoms with Crippen molar-refractivity contribution in [3.05, 3.63) is 29.3 Å². The van der Waals surface area contributed by atoms with Crippen molar-refractivity contribution in [2.24, 2.45) is 5.73 Å². The minimum Gasteiger partial charge on any atom is -0.384 e. The third-order valence-electron chi connectivity index (χ3n) is 2.95. The predicted octanol–water partition coefficient (Wildman–Crippen LogP) is 1.67. The minimum absolute atomic E-state index is 0.133. The van der Waals surface area contributed by atoms with Gasteiger partial charge in [0.25, 0.3) is 0 Å². The zero-order valence-electron chi connectivity index (χ0n) is 11.8. The van der Waals surface area contributed by atoms with E-state index in [1.165, 1.54) is 0 Å². The highest BCUT2D eigenvalue weighted by Gasteiger charge is 2.09. The highest BCUT2D eigenvalue weighted by molar-refractivity contribution is 6.00. The summed E-state index contributed by atoms with van der Waals surface area (Å²) in [7, 11) is 6.20. The largest absolute Gasteiger partial charge is 0.384 e. The molecule has 0 fully saturated rings. The van der Waals surface area contributed by atoms with Crippen LogP contribution in [0.1, 0.15) is 17.5 Å². The molecule has 0 atom stereocenters. The van der Waals surface area contributed by atoms with E-state index in [1.807, 2.05) is 26.1 Å². The summed E-state index contributed by atoms with van der Waals surface area (Å²) in [5, 5.41) is 7.65. The molecule has 0 bridgehead atoms. The average molecular weight is 248 g/mol. The van der Waals surface area contributed by atoms with E-state index in [0.717, 1.165) is 36.3 Å². The SMILES string of the molecule is Cc1ccc(N(C)CCCN(C)C)c(C(=N)N)c1. The maximum Gasteiger partial charge on any atom is 0.124 e. The Morgan fingerprint density at radius 1 is 1.22 bits per heavy atom. The monoisotopic (exact) mass is 248 g/mol. The summed E-state index contributed by atoms with van der Waals surface area (Å²) in [4.78, 5) is 4.34. The van der Waals surface area contributed by atoms with E-state index >= 15 is 0 Å². The van der Waals surface area contributed by atoms with Crippen LogP contribution in [0.4, 0.5) is 5.69 Å². The average Bonchev–Trinajstić information content (AvgIpc) is 2.28. The molecule has 0 saturated heterocycles. The second-order valence-electron chi connectivity index (χ2n) is 5.01. The van der Waals surface area contributed by atoms with Gasteiger partial charge in [-0.3, -0.25) is 5.41 Å². The zero-order chi connectivity index (χ0) is 13.7. The molecule has 0 aliphatic rings. The van der Waals surface area contributed by atoms with Crippen molar-refractivity contribution in [3.8, 4) is 0 Å². The third kappa shape index (κ3) is 4.04. The van der Waals surface area contributed by atoms with E-state index in [9.17, 15) is 0 Å². The summed E-state index contributed by atoms with van der Waals surface area (Å²) >= 11 is 0. The molecule has 1 aromatic rings. The van der Waals surface area contributed by atoms with E-state index in [0.29, 0.717) is 0 Å². The van der Waals surface area contributed by atoms with E-state index < -0.39 is 0 Å². The van der Waals surface area contributed by atoms with Crippen molar-refractivity contribution in [3.63, 3.8) is 0 Å². The molecule has 0 saturated carbocycles. The van der Waals surface area contributed by atoms with Crippen LogP contribution in [-0.2, 0) is 0 Å². The van der Waals surface area contributed by atoms with Crippen molar-refractivity contribution in [1.82, 2.24) is 4.90 Å². The molecule has 3 N–H and O–H groups in total. The van der Waals surface area contributed by atoms with Crippen LogP contribution in [0.5, 0.6) is 0 Å². The molecule has 4 heteroatoms. The number of anilines is 1. The number of hydrogen-bond acceptors (Lipinski definition) is 3. The van der Waals surface area contributed by atoms with Gasteiger partial charge in [-0.15, -0.1) is 0 Å². The van der Waals surface area contributed by atoms with Gasteiger partial charge in [0.2, 0.25) is 0 Å². The van der Waals surface area contributed by atoms with Gasteiger partial charge in [0.05, 0.1) is 0 Å². The molecule has 1 rings (SSSR count). The molecule has 100 valence electrons. The summed E-state index contributed by atoms with van der Waals surface area (Å²) < 4.78 is 0. The lowest BCUT2D eigenvalue weighted by Crippen LogP contribution is -2.26. The Labute approximate surface area is 110 Å². The zero-order valence-corrected chi connectivity index (χ0v) is 11.8. The normalized spacial score (nSPS) is 10.7. The molecule has 0 amide bonds. The molecule has 0 aromatic heterocycles. The van der Waals surface area contributed by atoms with Gasteiger partial charge in [0.1, 0.15) is 5.84 Å².